The van der Waals surface area contributed by atoms with E-state index in [1.165, 1.54) is 18.4 Å². The molecule has 2 aromatic rings. The standard InChI is InChI=1S/C27H38N4O2/c1-6-19-13-15-21(16-14-19)31-24(32)22-17-23(26(2,3)4)29-30(22)18-27(31,5)25(33)28-20-11-9-7-8-10-12-20/h13-17,20H,6-12,18H2,1-5H3,(H,28,33). The number of hydrogen-bond acceptors (Lipinski definition) is 3. The predicted octanol–water partition coefficient (Wildman–Crippen LogP) is 5.00. The molecule has 1 N–H and O–H groups in total. The minimum absolute atomic E-state index is 0.0965. The molecule has 178 valence electrons. The molecule has 1 aromatic carbocycles. The Morgan fingerprint density at radius 1 is 1.12 bits per heavy atom. The minimum atomic E-state index is -1.06. The van der Waals surface area contributed by atoms with E-state index in [4.69, 9.17) is 5.10 Å². The van der Waals surface area contributed by atoms with Crippen LogP contribution in [0, 0.1) is 0 Å². The van der Waals surface area contributed by atoms with Crippen molar-refractivity contribution in [3.8, 4) is 0 Å². The molecule has 4 rings (SSSR count). The first-order chi connectivity index (χ1) is 15.6. The third-order valence-corrected chi connectivity index (χ3v) is 7.20. The third kappa shape index (κ3) is 4.57. The van der Waals surface area contributed by atoms with Gasteiger partial charge in [0, 0.05) is 17.1 Å². The second-order valence-corrected chi connectivity index (χ2v) is 10.9. The molecule has 2 aliphatic rings. The number of hydrogen-bond donors (Lipinski definition) is 1. The number of aryl methyl sites for hydroxylation is 1. The van der Waals surface area contributed by atoms with E-state index in [2.05, 4.69) is 33.0 Å². The van der Waals surface area contributed by atoms with Gasteiger partial charge in [-0.3, -0.25) is 19.2 Å². The lowest BCUT2D eigenvalue weighted by atomic mass is 9.91. The summed E-state index contributed by atoms with van der Waals surface area (Å²) in [5.41, 5.74) is 2.11. The Kier molecular flexibility index (Phi) is 6.39. The van der Waals surface area contributed by atoms with E-state index in [1.54, 1.807) is 9.58 Å². The van der Waals surface area contributed by atoms with Crippen molar-refractivity contribution in [3.05, 3.63) is 47.3 Å². The van der Waals surface area contributed by atoms with Gasteiger partial charge in [0.2, 0.25) is 5.91 Å². The largest absolute Gasteiger partial charge is 0.351 e. The molecule has 1 unspecified atom stereocenters. The van der Waals surface area contributed by atoms with Gasteiger partial charge in [0.15, 0.2) is 0 Å². The molecular weight excluding hydrogens is 412 g/mol. The van der Waals surface area contributed by atoms with Crippen molar-refractivity contribution in [1.82, 2.24) is 15.1 Å². The van der Waals surface area contributed by atoms with E-state index < -0.39 is 5.54 Å². The summed E-state index contributed by atoms with van der Waals surface area (Å²) >= 11 is 0. The zero-order valence-corrected chi connectivity index (χ0v) is 20.8. The van der Waals surface area contributed by atoms with Gasteiger partial charge in [0.25, 0.3) is 5.91 Å². The maximum absolute atomic E-state index is 13.9. The third-order valence-electron chi connectivity index (χ3n) is 7.20. The quantitative estimate of drug-likeness (QED) is 0.667. The molecule has 1 aliphatic carbocycles. The first-order valence-electron chi connectivity index (χ1n) is 12.5. The van der Waals surface area contributed by atoms with Crippen LogP contribution < -0.4 is 10.2 Å². The molecule has 0 bridgehead atoms. The summed E-state index contributed by atoms with van der Waals surface area (Å²) in [7, 11) is 0. The van der Waals surface area contributed by atoms with Crippen molar-refractivity contribution < 1.29 is 9.59 Å². The van der Waals surface area contributed by atoms with Crippen LogP contribution in [0.5, 0.6) is 0 Å². The lowest BCUT2D eigenvalue weighted by molar-refractivity contribution is -0.127. The first-order valence-corrected chi connectivity index (χ1v) is 12.5. The van der Waals surface area contributed by atoms with E-state index in [-0.39, 0.29) is 23.3 Å². The number of nitrogens with zero attached hydrogens (tertiary/aromatic N) is 3. The Morgan fingerprint density at radius 2 is 1.76 bits per heavy atom. The number of carbonyl (C=O) groups excluding carboxylic acids is 2. The van der Waals surface area contributed by atoms with Crippen molar-refractivity contribution in [1.29, 1.82) is 0 Å². The summed E-state index contributed by atoms with van der Waals surface area (Å²) in [6, 6.07) is 10.1. The highest BCUT2D eigenvalue weighted by molar-refractivity contribution is 6.11. The second-order valence-electron chi connectivity index (χ2n) is 10.9. The molecule has 0 saturated heterocycles. The molecule has 6 nitrogen and oxygen atoms in total. The fraction of sp³-hybridized carbons (Fsp3) is 0.593. The number of nitrogens with one attached hydrogen (secondary N) is 1. The first kappa shape index (κ1) is 23.5. The number of benzene rings is 1. The summed E-state index contributed by atoms with van der Waals surface area (Å²) in [6.07, 6.45) is 7.66. The highest BCUT2D eigenvalue weighted by Crippen LogP contribution is 2.35. The Labute approximate surface area is 197 Å². The van der Waals surface area contributed by atoms with E-state index in [9.17, 15) is 9.59 Å². The lowest BCUT2D eigenvalue weighted by Crippen LogP contribution is -2.65. The Bertz CT molecular complexity index is 1010. The van der Waals surface area contributed by atoms with Gasteiger partial charge in [-0.2, -0.15) is 5.10 Å². The van der Waals surface area contributed by atoms with Gasteiger partial charge in [-0.25, -0.2) is 0 Å². The van der Waals surface area contributed by atoms with Crippen molar-refractivity contribution in [2.75, 3.05) is 4.90 Å². The molecule has 2 heterocycles. The summed E-state index contributed by atoms with van der Waals surface area (Å²) < 4.78 is 1.74. The van der Waals surface area contributed by atoms with Crippen molar-refractivity contribution >= 4 is 17.5 Å². The number of rotatable bonds is 4. The zero-order valence-electron chi connectivity index (χ0n) is 20.8. The Balaban J connectivity index is 1.74. The molecule has 1 aromatic heterocycles. The fourth-order valence-corrected chi connectivity index (χ4v) is 5.00. The number of amides is 2. The van der Waals surface area contributed by atoms with E-state index in [0.717, 1.165) is 43.5 Å². The van der Waals surface area contributed by atoms with Crippen molar-refractivity contribution in [2.24, 2.45) is 0 Å². The lowest BCUT2D eigenvalue weighted by Gasteiger charge is -2.43. The van der Waals surface area contributed by atoms with Crippen LogP contribution in [0.15, 0.2) is 30.3 Å². The molecule has 0 radical (unpaired) electrons. The average molecular weight is 451 g/mol. The van der Waals surface area contributed by atoms with Crippen LogP contribution in [0.25, 0.3) is 0 Å². The van der Waals surface area contributed by atoms with E-state index >= 15 is 0 Å². The number of aromatic nitrogens is 2. The maximum atomic E-state index is 13.9. The van der Waals surface area contributed by atoms with E-state index in [0.29, 0.717) is 12.2 Å². The van der Waals surface area contributed by atoms with Gasteiger partial charge in [-0.05, 0) is 49.9 Å². The van der Waals surface area contributed by atoms with Crippen LogP contribution in [0.3, 0.4) is 0 Å². The monoisotopic (exact) mass is 450 g/mol. The molecule has 1 saturated carbocycles. The van der Waals surface area contributed by atoms with Crippen LogP contribution in [-0.4, -0.2) is 33.2 Å². The number of anilines is 1. The SMILES string of the molecule is CCc1ccc(N2C(=O)c3cc(C(C)(C)C)nn3CC2(C)C(=O)NC2CCCCCC2)cc1. The molecule has 0 spiro atoms. The molecule has 1 aliphatic heterocycles. The normalized spacial score (nSPS) is 22.1. The molecular formula is C27H38N4O2. The van der Waals surface area contributed by atoms with Gasteiger partial charge in [-0.1, -0.05) is 65.5 Å². The van der Waals surface area contributed by atoms with Crippen LogP contribution in [0.2, 0.25) is 0 Å². The minimum Gasteiger partial charge on any atom is -0.351 e. The van der Waals surface area contributed by atoms with Gasteiger partial charge in [0.05, 0.1) is 12.2 Å². The summed E-state index contributed by atoms with van der Waals surface area (Å²) in [5, 5.41) is 8.06. The van der Waals surface area contributed by atoms with Crippen LogP contribution in [-0.2, 0) is 23.2 Å². The molecule has 6 heteroatoms. The second kappa shape index (κ2) is 8.96. The van der Waals surface area contributed by atoms with Crippen LogP contribution in [0.1, 0.15) is 94.9 Å². The zero-order chi connectivity index (χ0) is 23.8. The van der Waals surface area contributed by atoms with Gasteiger partial charge < -0.3 is 5.32 Å². The highest BCUT2D eigenvalue weighted by Gasteiger charge is 2.49. The fourth-order valence-electron chi connectivity index (χ4n) is 5.00. The summed E-state index contributed by atoms with van der Waals surface area (Å²) in [6.45, 7) is 10.6. The molecule has 2 amide bonds. The maximum Gasteiger partial charge on any atom is 0.277 e. The van der Waals surface area contributed by atoms with Gasteiger partial charge >= 0.3 is 0 Å². The molecule has 33 heavy (non-hydrogen) atoms. The van der Waals surface area contributed by atoms with E-state index in [1.807, 2.05) is 37.3 Å². The smallest absolute Gasteiger partial charge is 0.277 e. The Hall–Kier alpha value is -2.63. The van der Waals surface area contributed by atoms with Crippen LogP contribution in [0.4, 0.5) is 5.69 Å². The Morgan fingerprint density at radius 3 is 2.33 bits per heavy atom. The topological polar surface area (TPSA) is 67.2 Å². The number of fused-ring (bicyclic) bond motifs is 1. The van der Waals surface area contributed by atoms with Crippen LogP contribution >= 0.6 is 0 Å². The van der Waals surface area contributed by atoms with Crippen molar-refractivity contribution in [3.63, 3.8) is 0 Å². The molecule has 1 atom stereocenters. The molecule has 1 fully saturated rings. The predicted molar refractivity (Wildman–Crippen MR) is 132 cm³/mol. The average Bonchev–Trinajstić information content (AvgIpc) is 3.04. The highest BCUT2D eigenvalue weighted by atomic mass is 16.2. The van der Waals surface area contributed by atoms with Gasteiger partial charge in [-0.15, -0.1) is 0 Å². The van der Waals surface area contributed by atoms with Crippen molar-refractivity contribution in [2.45, 2.75) is 103 Å². The summed E-state index contributed by atoms with van der Waals surface area (Å²) in [4.78, 5) is 29.4. The number of carbonyl (C=O) groups is 2. The van der Waals surface area contributed by atoms with Gasteiger partial charge in [0.1, 0.15) is 11.2 Å². The summed E-state index contributed by atoms with van der Waals surface area (Å²) in [5.74, 6) is -0.271.